The predicted molar refractivity (Wildman–Crippen MR) is 66.1 cm³/mol. The number of nitrogens with zero attached hydrogens (tertiary/aromatic N) is 3. The molecule has 4 atom stereocenters. The Bertz CT molecular complexity index is 423. The van der Waals surface area contributed by atoms with Crippen molar-refractivity contribution in [3.8, 4) is 0 Å². The number of aryl methyl sites for hydroxylation is 1. The Morgan fingerprint density at radius 2 is 2.35 bits per heavy atom. The molecule has 0 aromatic carbocycles. The van der Waals surface area contributed by atoms with Crippen LogP contribution in [-0.4, -0.2) is 20.8 Å². The van der Waals surface area contributed by atoms with Crippen LogP contribution in [0.4, 0.5) is 0 Å². The van der Waals surface area contributed by atoms with E-state index >= 15 is 0 Å². The summed E-state index contributed by atoms with van der Waals surface area (Å²) in [7, 11) is 1.99. The summed E-state index contributed by atoms with van der Waals surface area (Å²) in [5, 5.41) is 11.6. The van der Waals surface area contributed by atoms with Crippen LogP contribution >= 0.6 is 0 Å². The first-order valence-electron chi connectivity index (χ1n) is 6.48. The van der Waals surface area contributed by atoms with Gasteiger partial charge in [-0.1, -0.05) is 12.2 Å². The van der Waals surface area contributed by atoms with Gasteiger partial charge in [-0.3, -0.25) is 0 Å². The van der Waals surface area contributed by atoms with Crippen molar-refractivity contribution in [1.82, 2.24) is 20.1 Å². The second kappa shape index (κ2) is 4.26. The Hall–Kier alpha value is -1.16. The topological polar surface area (TPSA) is 42.7 Å². The van der Waals surface area contributed by atoms with E-state index in [1.807, 2.05) is 11.6 Å². The molecule has 0 radical (unpaired) electrons. The maximum atomic E-state index is 4.10. The molecule has 1 aromatic rings. The maximum absolute atomic E-state index is 4.10. The smallest absolute Gasteiger partial charge is 0.146 e. The lowest BCUT2D eigenvalue weighted by Gasteiger charge is -2.26. The lowest BCUT2D eigenvalue weighted by atomic mass is 9.87. The fourth-order valence-electron chi connectivity index (χ4n) is 3.27. The van der Waals surface area contributed by atoms with Crippen LogP contribution in [0.5, 0.6) is 0 Å². The number of hydrogen-bond donors (Lipinski definition) is 1. The van der Waals surface area contributed by atoms with Gasteiger partial charge < -0.3 is 9.88 Å². The van der Waals surface area contributed by atoms with Crippen molar-refractivity contribution in [3.63, 3.8) is 0 Å². The lowest BCUT2D eigenvalue weighted by Crippen LogP contribution is -2.35. The van der Waals surface area contributed by atoms with Crippen molar-refractivity contribution in [2.75, 3.05) is 0 Å². The zero-order valence-electron chi connectivity index (χ0n) is 10.5. The lowest BCUT2D eigenvalue weighted by molar-refractivity contribution is 0.323. The predicted octanol–water partition coefficient (Wildman–Crippen LogP) is 1.51. The Morgan fingerprint density at radius 1 is 1.47 bits per heavy atom. The molecule has 1 heterocycles. The highest BCUT2D eigenvalue weighted by molar-refractivity contribution is 5.11. The van der Waals surface area contributed by atoms with Crippen LogP contribution in [-0.2, 0) is 13.6 Å². The van der Waals surface area contributed by atoms with Crippen LogP contribution < -0.4 is 5.32 Å². The average molecular weight is 232 g/mol. The summed E-state index contributed by atoms with van der Waals surface area (Å²) in [6, 6.07) is 0.562. The number of hydrogen-bond acceptors (Lipinski definition) is 3. The Labute approximate surface area is 102 Å². The standard InChI is InChI=1S/C13H20N4/c1-9(12-6-10-3-4-11(12)5-10)14-7-13-16-15-8-17(13)2/h3-4,8-12,14H,5-7H2,1-2H3. The fourth-order valence-corrected chi connectivity index (χ4v) is 3.27. The molecule has 4 heteroatoms. The van der Waals surface area contributed by atoms with E-state index < -0.39 is 0 Å². The summed E-state index contributed by atoms with van der Waals surface area (Å²) < 4.78 is 1.97. The molecule has 4 nitrogen and oxygen atoms in total. The van der Waals surface area contributed by atoms with Crippen LogP contribution in [0, 0.1) is 17.8 Å². The molecule has 1 saturated carbocycles. The number of nitrogens with one attached hydrogen (secondary N) is 1. The van der Waals surface area contributed by atoms with Crippen molar-refractivity contribution in [2.24, 2.45) is 24.8 Å². The van der Waals surface area contributed by atoms with Gasteiger partial charge in [0.05, 0.1) is 6.54 Å². The second-order valence-corrected chi connectivity index (χ2v) is 5.47. The summed E-state index contributed by atoms with van der Waals surface area (Å²) in [6.07, 6.45) is 9.30. The van der Waals surface area contributed by atoms with Gasteiger partial charge in [0, 0.05) is 13.1 Å². The first kappa shape index (κ1) is 11.0. The zero-order valence-corrected chi connectivity index (χ0v) is 10.5. The summed E-state index contributed by atoms with van der Waals surface area (Å²) >= 11 is 0. The summed E-state index contributed by atoms with van der Waals surface area (Å²) in [6.45, 7) is 3.12. The number of rotatable bonds is 4. The zero-order chi connectivity index (χ0) is 11.8. The van der Waals surface area contributed by atoms with Gasteiger partial charge in [0.25, 0.3) is 0 Å². The molecule has 0 saturated heterocycles. The molecule has 3 rings (SSSR count). The maximum Gasteiger partial charge on any atom is 0.146 e. The van der Waals surface area contributed by atoms with E-state index in [0.29, 0.717) is 6.04 Å². The Kier molecular flexibility index (Phi) is 2.74. The molecule has 4 unspecified atom stereocenters. The molecular weight excluding hydrogens is 212 g/mol. The molecule has 0 spiro atoms. The van der Waals surface area contributed by atoms with Gasteiger partial charge in [-0.25, -0.2) is 0 Å². The number of fused-ring (bicyclic) bond motifs is 2. The van der Waals surface area contributed by atoms with Crippen molar-refractivity contribution >= 4 is 0 Å². The molecule has 2 bridgehead atoms. The third-order valence-corrected chi connectivity index (χ3v) is 4.36. The first-order chi connectivity index (χ1) is 8.24. The molecular formula is C13H20N4. The van der Waals surface area contributed by atoms with Crippen LogP contribution in [0.1, 0.15) is 25.6 Å². The van der Waals surface area contributed by atoms with Crippen molar-refractivity contribution in [3.05, 3.63) is 24.3 Å². The van der Waals surface area contributed by atoms with E-state index in [0.717, 1.165) is 30.1 Å². The van der Waals surface area contributed by atoms with Crippen LogP contribution in [0.2, 0.25) is 0 Å². The normalized spacial score (nSPS) is 32.2. The Balaban J connectivity index is 1.56. The van der Waals surface area contributed by atoms with Gasteiger partial charge >= 0.3 is 0 Å². The molecule has 17 heavy (non-hydrogen) atoms. The second-order valence-electron chi connectivity index (χ2n) is 5.47. The minimum Gasteiger partial charge on any atom is -0.320 e. The third kappa shape index (κ3) is 2.02. The highest BCUT2D eigenvalue weighted by Crippen LogP contribution is 2.44. The van der Waals surface area contributed by atoms with Crippen molar-refractivity contribution < 1.29 is 0 Å². The molecule has 2 aliphatic carbocycles. The monoisotopic (exact) mass is 232 g/mol. The highest BCUT2D eigenvalue weighted by atomic mass is 15.3. The van der Waals surface area contributed by atoms with E-state index in [1.165, 1.54) is 12.8 Å². The summed E-state index contributed by atoms with van der Waals surface area (Å²) in [4.78, 5) is 0. The van der Waals surface area contributed by atoms with Gasteiger partial charge in [0.2, 0.25) is 0 Å². The first-order valence-corrected chi connectivity index (χ1v) is 6.48. The minimum atomic E-state index is 0.562. The molecule has 1 fully saturated rings. The highest BCUT2D eigenvalue weighted by Gasteiger charge is 2.38. The van der Waals surface area contributed by atoms with E-state index in [-0.39, 0.29) is 0 Å². The van der Waals surface area contributed by atoms with Gasteiger partial charge in [0.1, 0.15) is 12.2 Å². The molecule has 0 aliphatic heterocycles. The van der Waals surface area contributed by atoms with Gasteiger partial charge in [0.15, 0.2) is 0 Å². The summed E-state index contributed by atoms with van der Waals surface area (Å²) in [5.41, 5.74) is 0. The van der Waals surface area contributed by atoms with E-state index in [1.54, 1.807) is 6.33 Å². The van der Waals surface area contributed by atoms with E-state index in [9.17, 15) is 0 Å². The van der Waals surface area contributed by atoms with Gasteiger partial charge in [-0.05, 0) is 37.5 Å². The molecule has 2 aliphatic rings. The molecule has 1 aromatic heterocycles. The Morgan fingerprint density at radius 3 is 2.94 bits per heavy atom. The van der Waals surface area contributed by atoms with Crippen molar-refractivity contribution in [2.45, 2.75) is 32.4 Å². The average Bonchev–Trinajstić information content (AvgIpc) is 3.01. The number of allylic oxidation sites excluding steroid dienone is 2. The molecule has 92 valence electrons. The van der Waals surface area contributed by atoms with Crippen molar-refractivity contribution in [1.29, 1.82) is 0 Å². The fraction of sp³-hybridized carbons (Fsp3) is 0.692. The van der Waals surface area contributed by atoms with Crippen LogP contribution in [0.15, 0.2) is 18.5 Å². The quantitative estimate of drug-likeness (QED) is 0.800. The van der Waals surface area contributed by atoms with Crippen LogP contribution in [0.25, 0.3) is 0 Å². The van der Waals surface area contributed by atoms with E-state index in [2.05, 4.69) is 34.6 Å². The summed E-state index contributed by atoms with van der Waals surface area (Å²) in [5.74, 6) is 3.47. The molecule has 1 N–H and O–H groups in total. The third-order valence-electron chi connectivity index (χ3n) is 4.36. The number of aromatic nitrogens is 3. The largest absolute Gasteiger partial charge is 0.320 e. The van der Waals surface area contributed by atoms with Crippen LogP contribution in [0.3, 0.4) is 0 Å². The minimum absolute atomic E-state index is 0.562. The SMILES string of the molecule is CC(NCc1nncn1C)C1CC2C=CC1C2. The van der Waals surface area contributed by atoms with E-state index in [4.69, 9.17) is 0 Å². The van der Waals surface area contributed by atoms with Gasteiger partial charge in [-0.2, -0.15) is 0 Å². The molecule has 0 amide bonds. The van der Waals surface area contributed by atoms with Gasteiger partial charge in [-0.15, -0.1) is 10.2 Å².